The number of hydrogen-bond acceptors (Lipinski definition) is 5. The van der Waals surface area contributed by atoms with Crippen LogP contribution in [0.15, 0.2) is 24.3 Å². The van der Waals surface area contributed by atoms with E-state index >= 15 is 0 Å². The smallest absolute Gasteiger partial charge is 0.309 e. The van der Waals surface area contributed by atoms with Crippen molar-refractivity contribution >= 4 is 11.7 Å². The summed E-state index contributed by atoms with van der Waals surface area (Å²) >= 11 is 0. The maximum Gasteiger partial charge on any atom is 0.309 e. The van der Waals surface area contributed by atoms with E-state index in [1.54, 1.807) is 12.1 Å². The highest BCUT2D eigenvalue weighted by Crippen LogP contribution is 2.25. The summed E-state index contributed by atoms with van der Waals surface area (Å²) in [4.78, 5) is 22.3. The van der Waals surface area contributed by atoms with Gasteiger partial charge >= 0.3 is 5.97 Å². The number of aliphatic carboxylic acids is 1. The number of nitrogens with zero attached hydrogens (tertiary/aromatic N) is 1. The fraction of sp³-hybridized carbons (Fsp3) is 0.650. The van der Waals surface area contributed by atoms with Crippen LogP contribution in [-0.4, -0.2) is 35.6 Å². The van der Waals surface area contributed by atoms with E-state index in [-0.39, 0.29) is 11.7 Å². The third-order valence-electron chi connectivity index (χ3n) is 4.65. The molecule has 0 aliphatic rings. The predicted molar refractivity (Wildman–Crippen MR) is 107 cm³/mol. The van der Waals surface area contributed by atoms with Gasteiger partial charge in [-0.25, -0.2) is 0 Å². The van der Waals surface area contributed by atoms with E-state index in [1.807, 2.05) is 0 Å². The van der Waals surface area contributed by atoms with Crippen molar-refractivity contribution in [3.8, 4) is 0 Å². The fourth-order valence-corrected chi connectivity index (χ4v) is 3.03. The molecule has 152 valence electrons. The first-order valence-corrected chi connectivity index (χ1v) is 9.92. The number of carboxylic acids is 1. The number of nitro benzene ring substituents is 1. The third kappa shape index (κ3) is 8.49. The minimum absolute atomic E-state index is 0.00745. The Morgan fingerprint density at radius 2 is 1.67 bits per heavy atom. The van der Waals surface area contributed by atoms with E-state index in [4.69, 9.17) is 0 Å². The summed E-state index contributed by atoms with van der Waals surface area (Å²) < 4.78 is 0. The van der Waals surface area contributed by atoms with Crippen LogP contribution >= 0.6 is 0 Å². The minimum atomic E-state index is -0.871. The molecule has 1 aromatic carbocycles. The molecule has 0 spiro atoms. The van der Waals surface area contributed by atoms with Crippen molar-refractivity contribution < 1.29 is 14.8 Å². The molecule has 0 radical (unpaired) electrons. The molecule has 7 nitrogen and oxygen atoms in total. The lowest BCUT2D eigenvalue weighted by Gasteiger charge is -2.26. The van der Waals surface area contributed by atoms with Crippen LogP contribution in [0.5, 0.6) is 0 Å². The molecule has 0 amide bonds. The Morgan fingerprint density at radius 3 is 2.19 bits per heavy atom. The molecule has 1 rings (SSSR count). The van der Waals surface area contributed by atoms with Crippen molar-refractivity contribution in [2.75, 3.05) is 19.6 Å². The largest absolute Gasteiger partial charge is 0.481 e. The van der Waals surface area contributed by atoms with E-state index in [0.29, 0.717) is 6.54 Å². The number of hydrogen-bond donors (Lipinski definition) is 3. The molecule has 27 heavy (non-hydrogen) atoms. The van der Waals surface area contributed by atoms with Crippen molar-refractivity contribution in [2.45, 2.75) is 58.4 Å². The molecule has 0 aliphatic heterocycles. The zero-order valence-electron chi connectivity index (χ0n) is 16.4. The Morgan fingerprint density at radius 1 is 1.07 bits per heavy atom. The average Bonchev–Trinajstić information content (AvgIpc) is 2.65. The van der Waals surface area contributed by atoms with Crippen molar-refractivity contribution in [2.24, 2.45) is 5.92 Å². The number of unbranched alkanes of at least 4 members (excludes halogenated alkanes) is 4. The van der Waals surface area contributed by atoms with Gasteiger partial charge in [0.15, 0.2) is 0 Å². The molecule has 7 heteroatoms. The van der Waals surface area contributed by atoms with Crippen molar-refractivity contribution in [1.82, 2.24) is 10.6 Å². The average molecular weight is 380 g/mol. The Bertz CT molecular complexity index is 563. The maximum absolute atomic E-state index is 11.9. The summed E-state index contributed by atoms with van der Waals surface area (Å²) in [6, 6.07) is 5.79. The van der Waals surface area contributed by atoms with Gasteiger partial charge in [0.25, 0.3) is 5.69 Å². The highest BCUT2D eigenvalue weighted by molar-refractivity contribution is 5.71. The molecule has 0 saturated heterocycles. The molecule has 2 unspecified atom stereocenters. The van der Waals surface area contributed by atoms with Crippen LogP contribution in [0.25, 0.3) is 0 Å². The zero-order valence-corrected chi connectivity index (χ0v) is 16.4. The summed E-state index contributed by atoms with van der Waals surface area (Å²) in [5.41, 5.74) is 0.771. The van der Waals surface area contributed by atoms with Gasteiger partial charge in [-0.1, -0.05) is 51.7 Å². The first-order chi connectivity index (χ1) is 13.0. The highest BCUT2D eigenvalue weighted by Gasteiger charge is 2.29. The fourth-order valence-electron chi connectivity index (χ4n) is 3.03. The monoisotopic (exact) mass is 379 g/mol. The van der Waals surface area contributed by atoms with Crippen LogP contribution in [0.2, 0.25) is 0 Å². The number of nitro groups is 1. The number of benzene rings is 1. The molecule has 0 bridgehead atoms. The second-order valence-corrected chi connectivity index (χ2v) is 6.84. The van der Waals surface area contributed by atoms with E-state index in [9.17, 15) is 20.0 Å². The molecule has 0 fully saturated rings. The third-order valence-corrected chi connectivity index (χ3v) is 4.65. The summed E-state index contributed by atoms with van der Waals surface area (Å²) in [6.07, 6.45) is 6.39. The summed E-state index contributed by atoms with van der Waals surface area (Å²) in [5.74, 6) is -1.51. The van der Waals surface area contributed by atoms with Gasteiger partial charge in [-0.05, 0) is 31.5 Å². The van der Waals surface area contributed by atoms with Crippen LogP contribution < -0.4 is 10.6 Å². The highest BCUT2D eigenvalue weighted by atomic mass is 16.6. The van der Waals surface area contributed by atoms with Crippen LogP contribution in [-0.2, 0) is 4.79 Å². The summed E-state index contributed by atoms with van der Waals surface area (Å²) in [6.45, 7) is 6.12. The molecule has 0 aliphatic carbocycles. The lowest BCUT2D eigenvalue weighted by atomic mass is 9.92. The molecule has 2 atom stereocenters. The van der Waals surface area contributed by atoms with Gasteiger partial charge in [0.05, 0.1) is 10.8 Å². The van der Waals surface area contributed by atoms with Gasteiger partial charge < -0.3 is 15.7 Å². The number of rotatable bonds is 15. The lowest BCUT2D eigenvalue weighted by Crippen LogP contribution is -2.40. The first kappa shape index (κ1) is 23.0. The van der Waals surface area contributed by atoms with Gasteiger partial charge in [-0.3, -0.25) is 14.9 Å². The van der Waals surface area contributed by atoms with Crippen LogP contribution in [0.1, 0.15) is 64.0 Å². The predicted octanol–water partition coefficient (Wildman–Crippen LogP) is 3.90. The van der Waals surface area contributed by atoms with Gasteiger partial charge in [0.2, 0.25) is 0 Å². The van der Waals surface area contributed by atoms with E-state index in [0.717, 1.165) is 57.2 Å². The van der Waals surface area contributed by atoms with E-state index < -0.39 is 16.8 Å². The molecular weight excluding hydrogens is 346 g/mol. The molecule has 0 heterocycles. The first-order valence-electron chi connectivity index (χ1n) is 9.92. The molecule has 0 saturated carbocycles. The van der Waals surface area contributed by atoms with Gasteiger partial charge in [-0.2, -0.15) is 0 Å². The maximum atomic E-state index is 11.9. The Balaban J connectivity index is 2.87. The molecular formula is C20H33N3O4. The minimum Gasteiger partial charge on any atom is -0.481 e. The van der Waals surface area contributed by atoms with Crippen molar-refractivity contribution in [1.29, 1.82) is 0 Å². The van der Waals surface area contributed by atoms with Gasteiger partial charge in [0.1, 0.15) is 0 Å². The number of nitrogens with one attached hydrogen (secondary N) is 2. The van der Waals surface area contributed by atoms with Crippen LogP contribution in [0.4, 0.5) is 5.69 Å². The van der Waals surface area contributed by atoms with Crippen LogP contribution in [0, 0.1) is 16.0 Å². The van der Waals surface area contributed by atoms with E-state index in [2.05, 4.69) is 24.5 Å². The topological polar surface area (TPSA) is 104 Å². The van der Waals surface area contributed by atoms with Crippen molar-refractivity contribution in [3.63, 3.8) is 0 Å². The Labute approximate surface area is 161 Å². The lowest BCUT2D eigenvalue weighted by molar-refractivity contribution is -0.384. The van der Waals surface area contributed by atoms with Crippen LogP contribution in [0.3, 0.4) is 0 Å². The standard InChI is InChI=1S/C20H33N3O4/c1-3-5-7-13-21-15-18(20(24)25)19(22-14-8-6-4-2)16-9-11-17(12-10-16)23(26)27/h9-12,18-19,21-22H,3-8,13-15H2,1-2H3,(H,24,25). The molecule has 0 aromatic heterocycles. The van der Waals surface area contributed by atoms with E-state index in [1.165, 1.54) is 12.1 Å². The number of non-ortho nitro benzene ring substituents is 1. The summed E-state index contributed by atoms with van der Waals surface area (Å²) in [5, 5.41) is 27.3. The Kier molecular flexibility index (Phi) is 11.3. The summed E-state index contributed by atoms with van der Waals surface area (Å²) in [7, 11) is 0. The second kappa shape index (κ2) is 13.2. The number of carbonyl (C=O) groups is 1. The molecule has 3 N–H and O–H groups in total. The second-order valence-electron chi connectivity index (χ2n) is 6.84. The SMILES string of the molecule is CCCCCNCC(C(=O)O)C(NCCCCC)c1ccc([N+](=O)[O-])cc1. The zero-order chi connectivity index (χ0) is 20.1. The van der Waals surface area contributed by atoms with Gasteiger partial charge in [-0.15, -0.1) is 0 Å². The van der Waals surface area contributed by atoms with Gasteiger partial charge in [0, 0.05) is 24.7 Å². The number of carboxylic acid groups (broad SMARTS) is 1. The normalized spacial score (nSPS) is 13.3. The van der Waals surface area contributed by atoms with Crippen molar-refractivity contribution in [3.05, 3.63) is 39.9 Å². The Hall–Kier alpha value is -1.99. The molecule has 1 aromatic rings. The quantitative estimate of drug-likeness (QED) is 0.242.